The van der Waals surface area contributed by atoms with Crippen LogP contribution in [-0.2, 0) is 9.59 Å². The summed E-state index contributed by atoms with van der Waals surface area (Å²) in [6.07, 6.45) is 0.749. The molecule has 6 nitrogen and oxygen atoms in total. The number of carbonyl (C=O) groups is 2. The Morgan fingerprint density at radius 1 is 0.857 bits per heavy atom. The van der Waals surface area contributed by atoms with Crippen molar-refractivity contribution in [2.24, 2.45) is 5.92 Å². The molecule has 3 aromatic carbocycles. The molecule has 1 N–H and O–H groups in total. The normalized spacial score (nSPS) is 17.7. The maximum Gasteiger partial charge on any atom is 0.229 e. The van der Waals surface area contributed by atoms with Crippen molar-refractivity contribution in [2.45, 2.75) is 39.7 Å². The summed E-state index contributed by atoms with van der Waals surface area (Å²) in [6, 6.07) is 18.9. The maximum atomic E-state index is 13.7. The van der Waals surface area contributed by atoms with Crippen molar-refractivity contribution in [1.82, 2.24) is 0 Å². The summed E-state index contributed by atoms with van der Waals surface area (Å²) >= 11 is 0. The second kappa shape index (κ2) is 10.2. The Kier molecular flexibility index (Phi) is 7.10. The largest absolute Gasteiger partial charge is 0.493 e. The van der Waals surface area contributed by atoms with E-state index in [0.29, 0.717) is 24.3 Å². The number of hydrogen-bond acceptors (Lipinski definition) is 4. The van der Waals surface area contributed by atoms with Crippen LogP contribution in [0.5, 0.6) is 11.5 Å². The fourth-order valence-electron chi connectivity index (χ4n) is 4.88. The van der Waals surface area contributed by atoms with Crippen molar-refractivity contribution < 1.29 is 19.1 Å². The molecule has 0 spiro atoms. The summed E-state index contributed by atoms with van der Waals surface area (Å²) in [5.74, 6) is 0.577. The SMILES string of the molecule is COc1ccc([C@@H]2[C@@H](C(=O)Nc3cc(C)cc(C)c3)CCC(=O)N2c2ccc(C)cc2)cc1OC. The molecule has 0 radical (unpaired) electrons. The van der Waals surface area contributed by atoms with Gasteiger partial charge in [0.05, 0.1) is 26.2 Å². The first-order valence-electron chi connectivity index (χ1n) is 11.8. The van der Waals surface area contributed by atoms with E-state index in [9.17, 15) is 9.59 Å². The van der Waals surface area contributed by atoms with Crippen LogP contribution in [0.15, 0.2) is 60.7 Å². The first kappa shape index (κ1) is 24.3. The zero-order valence-corrected chi connectivity index (χ0v) is 20.9. The number of aryl methyl sites for hydroxylation is 3. The molecule has 0 saturated carbocycles. The summed E-state index contributed by atoms with van der Waals surface area (Å²) in [6.45, 7) is 6.02. The van der Waals surface area contributed by atoms with E-state index in [-0.39, 0.29) is 11.8 Å². The van der Waals surface area contributed by atoms with Crippen molar-refractivity contribution in [1.29, 1.82) is 0 Å². The summed E-state index contributed by atoms with van der Waals surface area (Å²) in [7, 11) is 3.16. The molecule has 1 aliphatic heterocycles. The monoisotopic (exact) mass is 472 g/mol. The minimum absolute atomic E-state index is 0.0101. The van der Waals surface area contributed by atoms with Crippen molar-refractivity contribution >= 4 is 23.2 Å². The lowest BCUT2D eigenvalue weighted by Crippen LogP contribution is -2.47. The highest BCUT2D eigenvalue weighted by molar-refractivity contribution is 6.00. The Bertz CT molecular complexity index is 1220. The average molecular weight is 473 g/mol. The van der Waals surface area contributed by atoms with E-state index in [1.807, 2.05) is 75.4 Å². The van der Waals surface area contributed by atoms with Crippen LogP contribution in [0.2, 0.25) is 0 Å². The quantitative estimate of drug-likeness (QED) is 0.496. The Morgan fingerprint density at radius 3 is 2.14 bits per heavy atom. The molecule has 1 heterocycles. The van der Waals surface area contributed by atoms with Crippen molar-refractivity contribution in [3.05, 3.63) is 82.9 Å². The number of hydrogen-bond donors (Lipinski definition) is 1. The average Bonchev–Trinajstić information content (AvgIpc) is 2.83. The minimum Gasteiger partial charge on any atom is -0.493 e. The molecule has 6 heteroatoms. The van der Waals surface area contributed by atoms with E-state index in [1.54, 1.807) is 19.1 Å². The van der Waals surface area contributed by atoms with Crippen LogP contribution in [0, 0.1) is 26.7 Å². The highest BCUT2D eigenvalue weighted by Crippen LogP contribution is 2.43. The molecule has 1 saturated heterocycles. The molecule has 0 aliphatic carbocycles. The smallest absolute Gasteiger partial charge is 0.229 e. The lowest BCUT2D eigenvalue weighted by molar-refractivity contribution is -0.125. The lowest BCUT2D eigenvalue weighted by atomic mass is 9.83. The van der Waals surface area contributed by atoms with E-state index >= 15 is 0 Å². The summed E-state index contributed by atoms with van der Waals surface area (Å²) in [5.41, 5.74) is 5.61. The zero-order valence-electron chi connectivity index (χ0n) is 20.9. The number of anilines is 2. The van der Waals surface area contributed by atoms with Crippen LogP contribution in [0.3, 0.4) is 0 Å². The molecule has 3 aromatic rings. The predicted octanol–water partition coefficient (Wildman–Crippen LogP) is 5.75. The topological polar surface area (TPSA) is 67.9 Å². The van der Waals surface area contributed by atoms with Gasteiger partial charge >= 0.3 is 0 Å². The van der Waals surface area contributed by atoms with Gasteiger partial charge < -0.3 is 19.7 Å². The molecule has 4 rings (SSSR count). The lowest BCUT2D eigenvalue weighted by Gasteiger charge is -2.41. The van der Waals surface area contributed by atoms with Crippen LogP contribution < -0.4 is 19.7 Å². The molecule has 1 aliphatic rings. The van der Waals surface area contributed by atoms with Crippen molar-refractivity contribution in [3.8, 4) is 11.5 Å². The number of amides is 2. The number of rotatable bonds is 6. The van der Waals surface area contributed by atoms with Crippen LogP contribution >= 0.6 is 0 Å². The standard InChI is InChI=1S/C29H32N2O4/c1-18-6-9-23(10-7-18)31-27(32)13-11-24(29(33)30-22-15-19(2)14-20(3)16-22)28(31)21-8-12-25(34-4)26(17-21)35-5/h6-10,12,14-17,24,28H,11,13H2,1-5H3,(H,30,33)/t24-,28+/m0/s1. The molecule has 182 valence electrons. The molecule has 2 amide bonds. The molecular formula is C29H32N2O4. The number of piperidine rings is 1. The molecule has 1 fully saturated rings. The zero-order chi connectivity index (χ0) is 25.1. The number of methoxy groups -OCH3 is 2. The van der Waals surface area contributed by atoms with Gasteiger partial charge in [-0.1, -0.05) is 29.8 Å². The molecule has 0 aromatic heterocycles. The summed E-state index contributed by atoms with van der Waals surface area (Å²) in [5, 5.41) is 3.11. The molecule has 35 heavy (non-hydrogen) atoms. The van der Waals surface area contributed by atoms with Crippen LogP contribution in [-0.4, -0.2) is 26.0 Å². The van der Waals surface area contributed by atoms with Gasteiger partial charge in [-0.2, -0.15) is 0 Å². The second-order valence-corrected chi connectivity index (χ2v) is 9.17. The fourth-order valence-corrected chi connectivity index (χ4v) is 4.88. The Labute approximate surface area is 206 Å². The third kappa shape index (κ3) is 5.16. The van der Waals surface area contributed by atoms with Gasteiger partial charge in [0.15, 0.2) is 11.5 Å². The van der Waals surface area contributed by atoms with E-state index in [1.165, 1.54) is 0 Å². The minimum atomic E-state index is -0.496. The van der Waals surface area contributed by atoms with Crippen LogP contribution in [0.25, 0.3) is 0 Å². The first-order chi connectivity index (χ1) is 16.8. The van der Waals surface area contributed by atoms with E-state index in [2.05, 4.69) is 11.4 Å². The third-order valence-electron chi connectivity index (χ3n) is 6.48. The van der Waals surface area contributed by atoms with E-state index < -0.39 is 12.0 Å². The Morgan fingerprint density at radius 2 is 1.51 bits per heavy atom. The Hall–Kier alpha value is -3.80. The second-order valence-electron chi connectivity index (χ2n) is 9.17. The fraction of sp³-hybridized carbons (Fsp3) is 0.310. The number of carbonyl (C=O) groups excluding carboxylic acids is 2. The first-order valence-corrected chi connectivity index (χ1v) is 11.8. The van der Waals surface area contributed by atoms with Gasteiger partial charge in [0.2, 0.25) is 11.8 Å². The molecule has 0 unspecified atom stereocenters. The van der Waals surface area contributed by atoms with Crippen LogP contribution in [0.4, 0.5) is 11.4 Å². The predicted molar refractivity (Wildman–Crippen MR) is 138 cm³/mol. The summed E-state index contributed by atoms with van der Waals surface area (Å²) < 4.78 is 11.0. The number of benzene rings is 3. The van der Waals surface area contributed by atoms with Gasteiger partial charge in [0.1, 0.15) is 0 Å². The molecule has 2 atom stereocenters. The van der Waals surface area contributed by atoms with E-state index in [4.69, 9.17) is 9.47 Å². The molecule has 0 bridgehead atoms. The highest BCUT2D eigenvalue weighted by atomic mass is 16.5. The van der Waals surface area contributed by atoms with Gasteiger partial charge in [0.25, 0.3) is 0 Å². The number of ether oxygens (including phenoxy) is 2. The Balaban J connectivity index is 1.78. The maximum absolute atomic E-state index is 13.7. The van der Waals surface area contributed by atoms with E-state index in [0.717, 1.165) is 33.6 Å². The van der Waals surface area contributed by atoms with Crippen molar-refractivity contribution in [2.75, 3.05) is 24.4 Å². The summed E-state index contributed by atoms with van der Waals surface area (Å²) in [4.78, 5) is 28.7. The molecular weight excluding hydrogens is 440 g/mol. The van der Waals surface area contributed by atoms with Crippen LogP contribution in [0.1, 0.15) is 41.1 Å². The third-order valence-corrected chi connectivity index (χ3v) is 6.48. The highest BCUT2D eigenvalue weighted by Gasteiger charge is 2.41. The van der Waals surface area contributed by atoms with Gasteiger partial charge in [-0.05, 0) is 80.3 Å². The van der Waals surface area contributed by atoms with Gasteiger partial charge in [-0.3, -0.25) is 9.59 Å². The van der Waals surface area contributed by atoms with Crippen molar-refractivity contribution in [3.63, 3.8) is 0 Å². The van der Waals surface area contributed by atoms with Gasteiger partial charge in [0, 0.05) is 17.8 Å². The number of nitrogens with one attached hydrogen (secondary N) is 1. The number of nitrogens with zero attached hydrogens (tertiary/aromatic N) is 1. The van der Waals surface area contributed by atoms with Gasteiger partial charge in [-0.25, -0.2) is 0 Å². The van der Waals surface area contributed by atoms with Gasteiger partial charge in [-0.15, -0.1) is 0 Å².